The minimum atomic E-state index is 1.08. The summed E-state index contributed by atoms with van der Waals surface area (Å²) < 4.78 is 0. The summed E-state index contributed by atoms with van der Waals surface area (Å²) in [5.74, 6) is 0. The van der Waals surface area contributed by atoms with Gasteiger partial charge in [0.25, 0.3) is 0 Å². The average Bonchev–Trinajstić information content (AvgIpc) is 2.83. The maximum atomic E-state index is 8.57. The molecule has 15 heavy (non-hydrogen) atoms. The summed E-state index contributed by atoms with van der Waals surface area (Å²) in [6.07, 6.45) is 10.0. The molecule has 0 bridgehead atoms. The first kappa shape index (κ1) is 23.7. The molecule has 1 rings (SSSR count). The molecule has 0 spiro atoms. The maximum Gasteiger partial charge on any atom is -0.100 e. The average molecular weight is 291 g/mol. The molecule has 0 amide bonds. The molecule has 0 aromatic carbocycles. The van der Waals surface area contributed by atoms with Crippen molar-refractivity contribution in [2.45, 2.75) is 6.42 Å². The second-order valence-corrected chi connectivity index (χ2v) is 1.60. The van der Waals surface area contributed by atoms with Crippen LogP contribution in [0.2, 0.25) is 0 Å². The Balaban J connectivity index is -0.0000000543. The van der Waals surface area contributed by atoms with Crippen LogP contribution in [0.5, 0.6) is 0 Å². The van der Waals surface area contributed by atoms with Crippen molar-refractivity contribution in [1.82, 2.24) is 0 Å². The maximum absolute atomic E-state index is 8.57. The topological polar surface area (TPSA) is 68.3 Å². The van der Waals surface area contributed by atoms with Crippen LogP contribution in [-0.4, -0.2) is 23.1 Å². The number of hydrogen-bond acceptors (Lipinski definition) is 4. The van der Waals surface area contributed by atoms with Crippen LogP contribution in [0.1, 0.15) is 6.42 Å². The summed E-state index contributed by atoms with van der Waals surface area (Å²) in [7, 11) is 0. The Bertz CT molecular complexity index is 200. The largest absolute Gasteiger partial charge is 0.545 e. The predicted molar refractivity (Wildman–Crippen MR) is 46.5 cm³/mol. The molecule has 1 aliphatic rings. The van der Waals surface area contributed by atoms with E-state index in [0.717, 1.165) is 6.42 Å². The Hall–Kier alpha value is -0.981. The molecule has 0 saturated heterocycles. The molecule has 0 aromatic rings. The van der Waals surface area contributed by atoms with Crippen molar-refractivity contribution in [3.05, 3.63) is 24.3 Å². The first-order chi connectivity index (χ1) is 7.33. The fourth-order valence-corrected chi connectivity index (χ4v) is 0.340. The minimum Gasteiger partial charge on any atom is -0.545 e. The van der Waals surface area contributed by atoms with Gasteiger partial charge in [-0.15, -0.1) is 6.42 Å². The Kier molecular flexibility index (Phi) is 81.9. The van der Waals surface area contributed by atoms with Crippen molar-refractivity contribution in [3.63, 3.8) is 0 Å². The smallest absolute Gasteiger partial charge is 0.100 e. The molecule has 0 radical (unpaired) electrons. The summed E-state index contributed by atoms with van der Waals surface area (Å²) in [6, 6.07) is 0. The Morgan fingerprint density at radius 1 is 1.07 bits per heavy atom. The molecular weight excluding hydrogens is 284 g/mol. The van der Waals surface area contributed by atoms with E-state index in [4.69, 9.17) is 19.2 Å². The van der Waals surface area contributed by atoms with Crippen LogP contribution < -0.4 is 0 Å². The van der Waals surface area contributed by atoms with E-state index in [2.05, 4.69) is 56.9 Å². The van der Waals surface area contributed by atoms with Crippen molar-refractivity contribution in [2.24, 2.45) is 0 Å². The van der Waals surface area contributed by atoms with E-state index in [0.29, 0.717) is 0 Å². The van der Waals surface area contributed by atoms with Crippen LogP contribution in [0.3, 0.4) is 0 Å². The van der Waals surface area contributed by atoms with Crippen LogP contribution in [0.25, 0.3) is 0 Å². The van der Waals surface area contributed by atoms with Crippen molar-refractivity contribution in [2.75, 3.05) is 0 Å². The third kappa shape index (κ3) is 97.9. The molecule has 4 nitrogen and oxygen atoms in total. The Morgan fingerprint density at radius 3 is 1.47 bits per heavy atom. The summed E-state index contributed by atoms with van der Waals surface area (Å²) in [6.45, 7) is 6.50. The molecule has 0 aliphatic heterocycles. The first-order valence-corrected chi connectivity index (χ1v) is 4.06. The van der Waals surface area contributed by atoms with Crippen molar-refractivity contribution in [1.29, 1.82) is 0 Å². The minimum absolute atomic E-state index is 1.08. The van der Waals surface area contributed by atoms with E-state index in [-0.39, 0.29) is 0 Å². The number of rotatable bonds is 0. The van der Waals surface area contributed by atoms with Gasteiger partial charge in [-0.3, -0.25) is 19.7 Å². The molecule has 0 N–H and O–H groups in total. The molecule has 0 atom stereocenters. The molecule has 6 heteroatoms. The Labute approximate surface area is 104 Å². The summed E-state index contributed by atoms with van der Waals surface area (Å²) in [4.78, 5) is 35.1. The zero-order chi connectivity index (χ0) is 12.9. The van der Waals surface area contributed by atoms with E-state index >= 15 is 0 Å². The predicted octanol–water partition coefficient (Wildman–Crippen LogP) is -0.0417. The second-order valence-electron chi connectivity index (χ2n) is 1.15. The second kappa shape index (κ2) is 51.9. The van der Waals surface area contributed by atoms with E-state index in [9.17, 15) is 0 Å². The van der Waals surface area contributed by atoms with Gasteiger partial charge in [-0.2, -0.15) is 6.08 Å². The monoisotopic (exact) mass is 291 g/mol. The van der Waals surface area contributed by atoms with Gasteiger partial charge in [0.05, 0.1) is 0 Å². The third-order valence-electron chi connectivity index (χ3n) is 0.586. The van der Waals surface area contributed by atoms with Gasteiger partial charge < -0.3 is 9.59 Å². The molecular formula is C9H7Fe2O4-3. The van der Waals surface area contributed by atoms with Crippen LogP contribution in [0, 0.1) is 6.08 Å². The summed E-state index contributed by atoms with van der Waals surface area (Å²) in [5, 5.41) is 0. The molecule has 86 valence electrons. The number of allylic oxidation sites excluding steroid dienone is 4. The van der Waals surface area contributed by atoms with Gasteiger partial charge in [0.1, 0.15) is 0 Å². The summed E-state index contributed by atoms with van der Waals surface area (Å²) >= 11 is 5.36. The van der Waals surface area contributed by atoms with E-state index in [1.165, 1.54) is 9.57 Å². The third-order valence-corrected chi connectivity index (χ3v) is 0.586. The molecule has 0 fully saturated rings. The van der Waals surface area contributed by atoms with E-state index in [1.807, 2.05) is 12.2 Å². The normalized spacial score (nSPS) is 7.60. The molecule has 1 aliphatic carbocycles. The van der Waals surface area contributed by atoms with Gasteiger partial charge in [0, 0.05) is 0 Å². The fourth-order valence-electron chi connectivity index (χ4n) is 0.340. The van der Waals surface area contributed by atoms with Crippen LogP contribution in [-0.2, 0) is 50.3 Å². The van der Waals surface area contributed by atoms with Crippen molar-refractivity contribution in [3.8, 4) is 0 Å². The molecule has 0 unspecified atom stereocenters. The van der Waals surface area contributed by atoms with Gasteiger partial charge in [-0.05, 0) is 0 Å². The van der Waals surface area contributed by atoms with Crippen LogP contribution >= 0.6 is 0 Å². The zero-order valence-electron chi connectivity index (χ0n) is 7.43. The number of hydrogen-bond donors (Lipinski definition) is 0. The fraction of sp³-hybridized carbons (Fsp3) is 0.111. The first-order valence-electron chi connectivity index (χ1n) is 2.96. The SMILES string of the molecule is O=[C]=[Fe].O=[C]=[Fe].[C-]1=CCC=C1.[CH-]=O.[CH-]=O. The quantitative estimate of drug-likeness (QED) is 0.357. The van der Waals surface area contributed by atoms with E-state index in [1.54, 1.807) is 0 Å². The van der Waals surface area contributed by atoms with Crippen molar-refractivity contribution < 1.29 is 50.3 Å². The van der Waals surface area contributed by atoms with Gasteiger partial charge in [0.2, 0.25) is 0 Å². The van der Waals surface area contributed by atoms with Gasteiger partial charge in [-0.25, -0.2) is 12.2 Å². The Morgan fingerprint density at radius 2 is 1.40 bits per heavy atom. The zero-order valence-corrected chi connectivity index (χ0v) is 9.64. The van der Waals surface area contributed by atoms with Gasteiger partial charge >= 0.3 is 50.3 Å². The van der Waals surface area contributed by atoms with E-state index < -0.39 is 0 Å². The molecule has 0 saturated carbocycles. The standard InChI is InChI=1S/C5H5.2CHO.2CO.2Fe/c1-2-4-5-3-1;4*1-2;;/h1-2,5H,3H2;2*1H;;;;/q3*-1;;;;. The van der Waals surface area contributed by atoms with Crippen molar-refractivity contribution >= 4 is 23.1 Å². The van der Waals surface area contributed by atoms with Crippen LogP contribution in [0.15, 0.2) is 18.2 Å². The van der Waals surface area contributed by atoms with Crippen LogP contribution in [0.4, 0.5) is 0 Å². The molecule has 0 heterocycles. The van der Waals surface area contributed by atoms with Gasteiger partial charge in [-0.1, -0.05) is 0 Å². The van der Waals surface area contributed by atoms with Gasteiger partial charge in [0.15, 0.2) is 0 Å². The molecule has 0 aromatic heterocycles. The summed E-state index contributed by atoms with van der Waals surface area (Å²) in [5.41, 5.74) is 0. The number of carbonyl (C=O) groups excluding carboxylic acids is 4.